The average Bonchev–Trinajstić information content (AvgIpc) is 3.18. The van der Waals surface area contributed by atoms with E-state index < -0.39 is 5.91 Å². The molecule has 21 heavy (non-hydrogen) atoms. The van der Waals surface area contributed by atoms with E-state index in [1.807, 2.05) is 0 Å². The SMILES string of the molecule is CNc1nc(-n2ccnc2)nc(-n2ccc(C(N)=O)n2)n1. The number of amides is 1. The van der Waals surface area contributed by atoms with E-state index in [1.54, 1.807) is 36.5 Å². The molecule has 10 nitrogen and oxygen atoms in total. The number of primary amides is 1. The number of imidazole rings is 1. The van der Waals surface area contributed by atoms with Gasteiger partial charge in [0.15, 0.2) is 0 Å². The van der Waals surface area contributed by atoms with Crippen LogP contribution in [0.4, 0.5) is 5.95 Å². The number of nitrogens with two attached hydrogens (primary N) is 1. The lowest BCUT2D eigenvalue weighted by Gasteiger charge is -2.06. The fourth-order valence-corrected chi connectivity index (χ4v) is 1.63. The summed E-state index contributed by atoms with van der Waals surface area (Å²) >= 11 is 0. The minimum absolute atomic E-state index is 0.130. The fraction of sp³-hybridized carbons (Fsp3) is 0.0909. The van der Waals surface area contributed by atoms with Gasteiger partial charge in [0.05, 0.1) is 0 Å². The largest absolute Gasteiger partial charge is 0.364 e. The number of nitrogens with one attached hydrogen (secondary N) is 1. The number of hydrogen-bond donors (Lipinski definition) is 2. The summed E-state index contributed by atoms with van der Waals surface area (Å²) in [6.07, 6.45) is 6.43. The number of aromatic nitrogens is 7. The van der Waals surface area contributed by atoms with Crippen LogP contribution in [0, 0.1) is 0 Å². The highest BCUT2D eigenvalue weighted by atomic mass is 16.1. The van der Waals surface area contributed by atoms with E-state index >= 15 is 0 Å². The van der Waals surface area contributed by atoms with Crippen LogP contribution < -0.4 is 11.1 Å². The molecule has 1 amide bonds. The minimum Gasteiger partial charge on any atom is -0.364 e. The summed E-state index contributed by atoms with van der Waals surface area (Å²) in [5, 5.41) is 6.85. The number of nitrogens with zero attached hydrogens (tertiary/aromatic N) is 7. The lowest BCUT2D eigenvalue weighted by atomic mass is 10.4. The molecule has 0 aliphatic heterocycles. The monoisotopic (exact) mass is 285 g/mol. The molecule has 3 heterocycles. The van der Waals surface area contributed by atoms with E-state index in [2.05, 4.69) is 30.4 Å². The smallest absolute Gasteiger partial charge is 0.269 e. The van der Waals surface area contributed by atoms with Crippen molar-refractivity contribution in [1.82, 2.24) is 34.3 Å². The zero-order chi connectivity index (χ0) is 14.8. The van der Waals surface area contributed by atoms with Gasteiger partial charge in [-0.05, 0) is 6.07 Å². The predicted molar refractivity (Wildman–Crippen MR) is 72.1 cm³/mol. The average molecular weight is 285 g/mol. The van der Waals surface area contributed by atoms with Crippen molar-refractivity contribution in [1.29, 1.82) is 0 Å². The molecular weight excluding hydrogens is 274 g/mol. The summed E-state index contributed by atoms with van der Waals surface area (Å²) in [7, 11) is 1.69. The van der Waals surface area contributed by atoms with E-state index in [-0.39, 0.29) is 11.6 Å². The first-order valence-electron chi connectivity index (χ1n) is 5.95. The van der Waals surface area contributed by atoms with Gasteiger partial charge in [-0.1, -0.05) is 0 Å². The predicted octanol–water partition coefficient (Wildman–Crippen LogP) is -0.616. The van der Waals surface area contributed by atoms with Gasteiger partial charge in [-0.2, -0.15) is 20.1 Å². The maximum atomic E-state index is 11.1. The van der Waals surface area contributed by atoms with Crippen LogP contribution >= 0.6 is 0 Å². The molecule has 0 unspecified atom stereocenters. The van der Waals surface area contributed by atoms with Crippen molar-refractivity contribution < 1.29 is 4.79 Å². The molecule has 0 atom stereocenters. The van der Waals surface area contributed by atoms with Gasteiger partial charge >= 0.3 is 0 Å². The Balaban J connectivity index is 2.09. The Morgan fingerprint density at radius 3 is 2.67 bits per heavy atom. The maximum absolute atomic E-state index is 11.1. The van der Waals surface area contributed by atoms with Gasteiger partial charge < -0.3 is 11.1 Å². The van der Waals surface area contributed by atoms with Crippen molar-refractivity contribution in [3.63, 3.8) is 0 Å². The molecular formula is C11H11N9O. The van der Waals surface area contributed by atoms with Gasteiger partial charge in [-0.25, -0.2) is 9.67 Å². The topological polar surface area (TPSA) is 129 Å². The standard InChI is InChI=1S/C11H11N9O/c1-13-9-15-10(19-5-3-14-6-19)17-11(16-9)20-4-2-7(18-20)8(12)21/h2-6H,1H3,(H2,12,21)(H,13,15,16,17). The molecule has 0 radical (unpaired) electrons. The van der Waals surface area contributed by atoms with Crippen LogP contribution in [0.2, 0.25) is 0 Å². The van der Waals surface area contributed by atoms with Crippen LogP contribution in [0.3, 0.4) is 0 Å². The highest BCUT2D eigenvalue weighted by Gasteiger charge is 2.12. The second-order valence-corrected chi connectivity index (χ2v) is 3.99. The lowest BCUT2D eigenvalue weighted by molar-refractivity contribution is 0.0995. The van der Waals surface area contributed by atoms with Crippen LogP contribution in [0.15, 0.2) is 31.0 Å². The maximum Gasteiger partial charge on any atom is 0.269 e. The Labute approximate surface area is 118 Å². The molecule has 0 saturated heterocycles. The number of anilines is 1. The van der Waals surface area contributed by atoms with E-state index in [0.29, 0.717) is 11.9 Å². The van der Waals surface area contributed by atoms with Crippen LogP contribution in [0.1, 0.15) is 10.5 Å². The molecule has 0 saturated carbocycles. The van der Waals surface area contributed by atoms with Gasteiger partial charge in [0, 0.05) is 25.6 Å². The molecule has 106 valence electrons. The summed E-state index contributed by atoms with van der Waals surface area (Å²) in [4.78, 5) is 27.7. The molecule has 0 aliphatic rings. The molecule has 10 heteroatoms. The Morgan fingerprint density at radius 2 is 2.05 bits per heavy atom. The molecule has 3 rings (SSSR count). The first kappa shape index (κ1) is 12.7. The Kier molecular flexibility index (Phi) is 3.03. The summed E-state index contributed by atoms with van der Waals surface area (Å²) in [6.45, 7) is 0. The minimum atomic E-state index is -0.619. The fourth-order valence-electron chi connectivity index (χ4n) is 1.63. The van der Waals surface area contributed by atoms with Gasteiger partial charge in [0.25, 0.3) is 11.9 Å². The summed E-state index contributed by atoms with van der Waals surface area (Å²) in [5.41, 5.74) is 5.31. The zero-order valence-electron chi connectivity index (χ0n) is 11.0. The Hall–Kier alpha value is -3.30. The van der Waals surface area contributed by atoms with Gasteiger partial charge in [0.2, 0.25) is 11.9 Å². The second kappa shape index (κ2) is 5.00. The molecule has 3 aromatic heterocycles. The molecule has 0 bridgehead atoms. The summed E-state index contributed by atoms with van der Waals surface area (Å²) < 4.78 is 2.98. The Morgan fingerprint density at radius 1 is 1.24 bits per heavy atom. The second-order valence-electron chi connectivity index (χ2n) is 3.99. The Bertz CT molecular complexity index is 777. The zero-order valence-corrected chi connectivity index (χ0v) is 11.0. The van der Waals surface area contributed by atoms with E-state index in [1.165, 1.54) is 10.7 Å². The van der Waals surface area contributed by atoms with Gasteiger partial charge in [-0.15, -0.1) is 0 Å². The first-order chi connectivity index (χ1) is 10.2. The molecule has 0 spiro atoms. The highest BCUT2D eigenvalue weighted by molar-refractivity contribution is 5.90. The summed E-state index contributed by atoms with van der Waals surface area (Å²) in [6, 6.07) is 1.49. The van der Waals surface area contributed by atoms with Crippen molar-refractivity contribution >= 4 is 11.9 Å². The van der Waals surface area contributed by atoms with E-state index in [4.69, 9.17) is 5.73 Å². The van der Waals surface area contributed by atoms with Crippen LogP contribution in [-0.4, -0.2) is 47.2 Å². The molecule has 0 aromatic carbocycles. The third-order valence-corrected chi connectivity index (χ3v) is 2.62. The number of hydrogen-bond acceptors (Lipinski definition) is 7. The van der Waals surface area contributed by atoms with Crippen molar-refractivity contribution in [2.24, 2.45) is 5.73 Å². The first-order valence-corrected chi connectivity index (χ1v) is 5.95. The van der Waals surface area contributed by atoms with Gasteiger partial charge in [-0.3, -0.25) is 9.36 Å². The number of carbonyl (C=O) groups excluding carboxylic acids is 1. The number of carbonyl (C=O) groups is 1. The van der Waals surface area contributed by atoms with Crippen molar-refractivity contribution in [3.05, 3.63) is 36.7 Å². The highest BCUT2D eigenvalue weighted by Crippen LogP contribution is 2.09. The molecule has 0 fully saturated rings. The number of rotatable bonds is 4. The summed E-state index contributed by atoms with van der Waals surface area (Å²) in [5.74, 6) is 0.370. The lowest BCUT2D eigenvalue weighted by Crippen LogP contribution is -2.14. The van der Waals surface area contributed by atoms with Crippen LogP contribution in [-0.2, 0) is 0 Å². The molecule has 3 N–H and O–H groups in total. The molecule has 3 aromatic rings. The van der Waals surface area contributed by atoms with E-state index in [0.717, 1.165) is 0 Å². The van der Waals surface area contributed by atoms with Crippen molar-refractivity contribution in [2.75, 3.05) is 12.4 Å². The van der Waals surface area contributed by atoms with E-state index in [9.17, 15) is 4.79 Å². The van der Waals surface area contributed by atoms with Crippen molar-refractivity contribution in [3.8, 4) is 11.9 Å². The normalized spacial score (nSPS) is 10.5. The third kappa shape index (κ3) is 2.41. The molecule has 0 aliphatic carbocycles. The van der Waals surface area contributed by atoms with Crippen molar-refractivity contribution in [2.45, 2.75) is 0 Å². The quantitative estimate of drug-likeness (QED) is 0.653. The van der Waals surface area contributed by atoms with Gasteiger partial charge in [0.1, 0.15) is 12.0 Å². The van der Waals surface area contributed by atoms with Crippen LogP contribution in [0.5, 0.6) is 0 Å². The van der Waals surface area contributed by atoms with Crippen LogP contribution in [0.25, 0.3) is 11.9 Å². The third-order valence-electron chi connectivity index (χ3n) is 2.62.